The fourth-order valence-corrected chi connectivity index (χ4v) is 3.43. The number of carbonyl (C=O) groups excluding carboxylic acids is 1. The molecule has 134 valence electrons. The van der Waals surface area contributed by atoms with Crippen molar-refractivity contribution in [1.29, 1.82) is 0 Å². The molecule has 3 atom stereocenters. The Hall–Kier alpha value is -1.23. The average molecular weight is 338 g/mol. The van der Waals surface area contributed by atoms with Gasteiger partial charge in [0.1, 0.15) is 0 Å². The lowest BCUT2D eigenvalue weighted by molar-refractivity contribution is -0.131. The SMILES string of the molecule is CC(C)(C)CNC1CC1C1=CC(C(=O)NC2CC(F)(F)C2)CC=C1. The molecule has 24 heavy (non-hydrogen) atoms. The van der Waals surface area contributed by atoms with Gasteiger partial charge >= 0.3 is 0 Å². The summed E-state index contributed by atoms with van der Waals surface area (Å²) in [6.45, 7) is 7.61. The smallest absolute Gasteiger partial charge is 0.252 e. The Bertz CT molecular complexity index is 554. The molecule has 3 aliphatic rings. The van der Waals surface area contributed by atoms with Gasteiger partial charge in [0.05, 0.1) is 5.92 Å². The van der Waals surface area contributed by atoms with Gasteiger partial charge in [-0.25, -0.2) is 8.78 Å². The van der Waals surface area contributed by atoms with Gasteiger partial charge in [0.2, 0.25) is 5.91 Å². The summed E-state index contributed by atoms with van der Waals surface area (Å²) >= 11 is 0. The molecule has 0 bridgehead atoms. The molecule has 3 unspecified atom stereocenters. The summed E-state index contributed by atoms with van der Waals surface area (Å²) in [5.74, 6) is -2.45. The zero-order valence-electron chi connectivity index (χ0n) is 14.7. The Balaban J connectivity index is 1.49. The van der Waals surface area contributed by atoms with E-state index in [0.29, 0.717) is 18.4 Å². The van der Waals surface area contributed by atoms with Crippen LogP contribution in [0.4, 0.5) is 8.78 Å². The molecule has 2 fully saturated rings. The first kappa shape index (κ1) is 17.6. The first-order valence-electron chi connectivity index (χ1n) is 8.93. The van der Waals surface area contributed by atoms with Crippen LogP contribution in [0.2, 0.25) is 0 Å². The molecule has 3 rings (SSSR count). The predicted octanol–water partition coefficient (Wildman–Crippen LogP) is 3.43. The lowest BCUT2D eigenvalue weighted by Gasteiger charge is -2.36. The second-order valence-electron chi connectivity index (χ2n) is 8.77. The van der Waals surface area contributed by atoms with E-state index < -0.39 is 5.92 Å². The van der Waals surface area contributed by atoms with Crippen LogP contribution in [0.3, 0.4) is 0 Å². The van der Waals surface area contributed by atoms with Gasteiger partial charge < -0.3 is 10.6 Å². The minimum atomic E-state index is -2.59. The summed E-state index contributed by atoms with van der Waals surface area (Å²) in [5, 5.41) is 6.35. The van der Waals surface area contributed by atoms with Crippen LogP contribution in [0, 0.1) is 17.3 Å². The number of alkyl halides is 2. The zero-order valence-corrected chi connectivity index (χ0v) is 14.7. The van der Waals surface area contributed by atoms with E-state index in [0.717, 1.165) is 13.0 Å². The van der Waals surface area contributed by atoms with Crippen molar-refractivity contribution in [2.24, 2.45) is 17.3 Å². The molecule has 0 aliphatic heterocycles. The lowest BCUT2D eigenvalue weighted by atomic mass is 9.87. The largest absolute Gasteiger partial charge is 0.352 e. The average Bonchev–Trinajstić information content (AvgIpc) is 3.22. The van der Waals surface area contributed by atoms with Crippen LogP contribution in [0.25, 0.3) is 0 Å². The van der Waals surface area contributed by atoms with Gasteiger partial charge in [-0.2, -0.15) is 0 Å². The van der Waals surface area contributed by atoms with Crippen LogP contribution in [0.5, 0.6) is 0 Å². The first-order valence-corrected chi connectivity index (χ1v) is 8.93. The number of nitrogens with one attached hydrogen (secondary N) is 2. The van der Waals surface area contributed by atoms with Crippen molar-refractivity contribution in [2.75, 3.05) is 6.54 Å². The number of carbonyl (C=O) groups is 1. The Labute approximate surface area is 143 Å². The number of rotatable bonds is 5. The maximum Gasteiger partial charge on any atom is 0.252 e. The summed E-state index contributed by atoms with van der Waals surface area (Å²) < 4.78 is 25.8. The number of halogens is 2. The highest BCUT2D eigenvalue weighted by Crippen LogP contribution is 2.41. The normalized spacial score (nSPS) is 32.0. The van der Waals surface area contributed by atoms with Crippen LogP contribution in [-0.4, -0.2) is 30.5 Å². The number of amides is 1. The van der Waals surface area contributed by atoms with Crippen molar-refractivity contribution in [1.82, 2.24) is 10.6 Å². The maximum absolute atomic E-state index is 12.9. The summed E-state index contributed by atoms with van der Waals surface area (Å²) in [5.41, 5.74) is 1.48. The van der Waals surface area contributed by atoms with Gasteiger partial charge in [-0.15, -0.1) is 0 Å². The highest BCUT2D eigenvalue weighted by molar-refractivity contribution is 5.81. The molecule has 0 aromatic carbocycles. The van der Waals surface area contributed by atoms with Gasteiger partial charge in [0.15, 0.2) is 0 Å². The lowest BCUT2D eigenvalue weighted by Crippen LogP contribution is -2.51. The fraction of sp³-hybridized carbons (Fsp3) is 0.737. The predicted molar refractivity (Wildman–Crippen MR) is 90.8 cm³/mol. The maximum atomic E-state index is 12.9. The van der Waals surface area contributed by atoms with Gasteiger partial charge in [-0.3, -0.25) is 4.79 Å². The molecule has 0 aromatic rings. The fourth-order valence-electron chi connectivity index (χ4n) is 3.43. The van der Waals surface area contributed by atoms with Gasteiger partial charge in [-0.1, -0.05) is 39.0 Å². The van der Waals surface area contributed by atoms with Crippen LogP contribution in [-0.2, 0) is 4.79 Å². The molecule has 0 heterocycles. The molecule has 2 saturated carbocycles. The molecule has 0 radical (unpaired) electrons. The van der Waals surface area contributed by atoms with Crippen molar-refractivity contribution in [2.45, 2.75) is 64.5 Å². The number of allylic oxidation sites excluding steroid dienone is 2. The van der Waals surface area contributed by atoms with E-state index in [1.54, 1.807) is 0 Å². The second-order valence-corrected chi connectivity index (χ2v) is 8.77. The summed E-state index contributed by atoms with van der Waals surface area (Å²) in [4.78, 5) is 12.3. The topological polar surface area (TPSA) is 41.1 Å². The Kier molecular flexibility index (Phi) is 4.58. The van der Waals surface area contributed by atoms with Gasteiger partial charge in [0, 0.05) is 37.4 Å². The van der Waals surface area contributed by atoms with Crippen molar-refractivity contribution in [3.8, 4) is 0 Å². The molecule has 0 saturated heterocycles. The molecule has 2 N–H and O–H groups in total. The third kappa shape index (κ3) is 4.44. The van der Waals surface area contributed by atoms with E-state index in [1.165, 1.54) is 5.57 Å². The Morgan fingerprint density at radius 2 is 2.04 bits per heavy atom. The minimum Gasteiger partial charge on any atom is -0.352 e. The van der Waals surface area contributed by atoms with Crippen molar-refractivity contribution < 1.29 is 13.6 Å². The molecule has 3 nitrogen and oxygen atoms in total. The third-order valence-electron chi connectivity index (χ3n) is 4.98. The van der Waals surface area contributed by atoms with Crippen LogP contribution < -0.4 is 10.6 Å². The van der Waals surface area contributed by atoms with E-state index in [9.17, 15) is 13.6 Å². The third-order valence-corrected chi connectivity index (χ3v) is 4.98. The van der Waals surface area contributed by atoms with Crippen LogP contribution >= 0.6 is 0 Å². The number of hydrogen-bond donors (Lipinski definition) is 2. The Morgan fingerprint density at radius 3 is 2.67 bits per heavy atom. The molecular formula is C19H28F2N2O. The molecule has 5 heteroatoms. The highest BCUT2D eigenvalue weighted by Gasteiger charge is 2.46. The molecule has 3 aliphatic carbocycles. The Morgan fingerprint density at radius 1 is 1.33 bits per heavy atom. The molecule has 1 amide bonds. The van der Waals surface area contributed by atoms with Crippen molar-refractivity contribution in [3.63, 3.8) is 0 Å². The summed E-state index contributed by atoms with van der Waals surface area (Å²) in [7, 11) is 0. The second kappa shape index (κ2) is 6.25. The molecular weight excluding hydrogens is 310 g/mol. The van der Waals surface area contributed by atoms with E-state index >= 15 is 0 Å². The standard InChI is InChI=1S/C19H28F2N2O/c1-18(2,3)11-22-16-8-15(16)12-5-4-6-13(7-12)17(24)23-14-9-19(20,21)10-14/h4-5,7,13-16,22H,6,8-11H2,1-3H3,(H,23,24). The highest BCUT2D eigenvalue weighted by atomic mass is 19.3. The first-order chi connectivity index (χ1) is 11.1. The summed E-state index contributed by atoms with van der Waals surface area (Å²) in [6.07, 6.45) is 7.51. The van der Waals surface area contributed by atoms with Crippen LogP contribution in [0.1, 0.15) is 46.5 Å². The van der Waals surface area contributed by atoms with E-state index in [2.05, 4.69) is 37.5 Å². The van der Waals surface area contributed by atoms with E-state index in [-0.39, 0.29) is 36.1 Å². The van der Waals surface area contributed by atoms with E-state index in [1.807, 2.05) is 12.2 Å². The van der Waals surface area contributed by atoms with Crippen LogP contribution in [0.15, 0.2) is 23.8 Å². The number of hydrogen-bond acceptors (Lipinski definition) is 2. The van der Waals surface area contributed by atoms with Crippen molar-refractivity contribution in [3.05, 3.63) is 23.8 Å². The summed E-state index contributed by atoms with van der Waals surface area (Å²) in [6, 6.07) is 0.129. The van der Waals surface area contributed by atoms with Crippen molar-refractivity contribution >= 4 is 5.91 Å². The molecule has 0 aromatic heterocycles. The minimum absolute atomic E-state index is 0.114. The monoisotopic (exact) mass is 338 g/mol. The van der Waals surface area contributed by atoms with E-state index in [4.69, 9.17) is 0 Å². The quantitative estimate of drug-likeness (QED) is 0.806. The van der Waals surface area contributed by atoms with Gasteiger partial charge in [0.25, 0.3) is 5.92 Å². The van der Waals surface area contributed by atoms with Gasteiger partial charge in [-0.05, 0) is 23.8 Å². The molecule has 0 spiro atoms. The zero-order chi connectivity index (χ0) is 17.5.